The number of anilines is 1. The van der Waals surface area contributed by atoms with Crippen LogP contribution in [0.5, 0.6) is 0 Å². The second-order valence-electron chi connectivity index (χ2n) is 5.35. The number of aliphatic hydroxyl groups is 1. The Labute approximate surface area is 119 Å². The van der Waals surface area contributed by atoms with Crippen LogP contribution in [0.3, 0.4) is 0 Å². The van der Waals surface area contributed by atoms with Gasteiger partial charge in [-0.15, -0.1) is 0 Å². The fourth-order valence-corrected chi connectivity index (χ4v) is 2.89. The lowest BCUT2D eigenvalue weighted by atomic mass is 10.1. The molecule has 1 aromatic carbocycles. The lowest BCUT2D eigenvalue weighted by Gasteiger charge is -2.29. The topological polar surface area (TPSA) is 78.6 Å². The van der Waals surface area contributed by atoms with E-state index in [1.807, 2.05) is 19.1 Å². The number of hydrogen-bond acceptors (Lipinski definition) is 4. The SMILES string of the molecule is Cc1ccc(C(=O)N(CCO)C2CCCC2)c(NN)c1. The number of nitrogens with one attached hydrogen (secondary N) is 1. The van der Waals surface area contributed by atoms with Crippen LogP contribution in [-0.2, 0) is 0 Å². The summed E-state index contributed by atoms with van der Waals surface area (Å²) in [4.78, 5) is 14.5. The number of amides is 1. The minimum atomic E-state index is -0.0566. The monoisotopic (exact) mass is 277 g/mol. The van der Waals surface area contributed by atoms with E-state index in [9.17, 15) is 9.90 Å². The number of nitrogen functional groups attached to an aromatic ring is 1. The summed E-state index contributed by atoms with van der Waals surface area (Å²) in [6, 6.07) is 5.80. The molecule has 0 bridgehead atoms. The van der Waals surface area contributed by atoms with Crippen molar-refractivity contribution in [1.82, 2.24) is 4.90 Å². The van der Waals surface area contributed by atoms with Gasteiger partial charge in [-0.2, -0.15) is 0 Å². The van der Waals surface area contributed by atoms with E-state index in [2.05, 4.69) is 5.43 Å². The molecule has 1 saturated carbocycles. The highest BCUT2D eigenvalue weighted by Gasteiger charge is 2.28. The molecule has 0 heterocycles. The van der Waals surface area contributed by atoms with Crippen LogP contribution in [-0.4, -0.2) is 35.1 Å². The Morgan fingerprint density at radius 3 is 2.75 bits per heavy atom. The van der Waals surface area contributed by atoms with Crippen molar-refractivity contribution in [3.63, 3.8) is 0 Å². The van der Waals surface area contributed by atoms with E-state index in [0.717, 1.165) is 31.2 Å². The Balaban J connectivity index is 2.26. The molecule has 110 valence electrons. The molecule has 0 aromatic heterocycles. The Morgan fingerprint density at radius 1 is 1.45 bits per heavy atom. The molecule has 20 heavy (non-hydrogen) atoms. The van der Waals surface area contributed by atoms with Gasteiger partial charge in [0.25, 0.3) is 5.91 Å². The van der Waals surface area contributed by atoms with Crippen molar-refractivity contribution in [2.75, 3.05) is 18.6 Å². The molecule has 1 fully saturated rings. The zero-order valence-electron chi connectivity index (χ0n) is 11.9. The van der Waals surface area contributed by atoms with E-state index in [0.29, 0.717) is 17.8 Å². The number of carbonyl (C=O) groups excluding carboxylic acids is 1. The summed E-state index contributed by atoms with van der Waals surface area (Å²) >= 11 is 0. The summed E-state index contributed by atoms with van der Waals surface area (Å²) in [5.74, 6) is 5.46. The lowest BCUT2D eigenvalue weighted by Crippen LogP contribution is -2.41. The maximum absolute atomic E-state index is 12.7. The van der Waals surface area contributed by atoms with Crippen molar-refractivity contribution in [2.24, 2.45) is 5.84 Å². The fraction of sp³-hybridized carbons (Fsp3) is 0.533. The number of rotatable bonds is 5. The highest BCUT2D eigenvalue weighted by Crippen LogP contribution is 2.26. The molecule has 1 aliphatic rings. The number of nitrogens with zero attached hydrogens (tertiary/aromatic N) is 1. The molecule has 0 aliphatic heterocycles. The smallest absolute Gasteiger partial charge is 0.256 e. The molecule has 0 unspecified atom stereocenters. The third-order valence-corrected chi connectivity index (χ3v) is 3.93. The van der Waals surface area contributed by atoms with Crippen molar-refractivity contribution in [3.8, 4) is 0 Å². The van der Waals surface area contributed by atoms with Crippen molar-refractivity contribution >= 4 is 11.6 Å². The van der Waals surface area contributed by atoms with Crippen LogP contribution >= 0.6 is 0 Å². The average molecular weight is 277 g/mol. The average Bonchev–Trinajstić information content (AvgIpc) is 2.97. The maximum Gasteiger partial charge on any atom is 0.256 e. The fourth-order valence-electron chi connectivity index (χ4n) is 2.89. The van der Waals surface area contributed by atoms with Gasteiger partial charge in [0.1, 0.15) is 0 Å². The summed E-state index contributed by atoms with van der Waals surface area (Å²) in [7, 11) is 0. The van der Waals surface area contributed by atoms with Gasteiger partial charge in [-0.25, -0.2) is 0 Å². The second-order valence-corrected chi connectivity index (χ2v) is 5.35. The van der Waals surface area contributed by atoms with Crippen LogP contribution in [0.4, 0.5) is 5.69 Å². The standard InChI is InChI=1S/C15H23N3O2/c1-11-6-7-13(14(10-11)17-16)15(20)18(8-9-19)12-4-2-3-5-12/h6-7,10,12,17,19H,2-5,8-9,16H2,1H3. The van der Waals surface area contributed by atoms with E-state index in [1.54, 1.807) is 11.0 Å². The van der Waals surface area contributed by atoms with Gasteiger partial charge in [0.05, 0.1) is 17.9 Å². The first-order valence-electron chi connectivity index (χ1n) is 7.16. The summed E-state index contributed by atoms with van der Waals surface area (Å²) in [6.45, 7) is 2.32. The second kappa shape index (κ2) is 6.72. The molecular formula is C15H23N3O2. The summed E-state index contributed by atoms with van der Waals surface area (Å²) in [6.07, 6.45) is 4.33. The third-order valence-electron chi connectivity index (χ3n) is 3.93. The summed E-state index contributed by atoms with van der Waals surface area (Å²) in [5, 5.41) is 9.23. The molecule has 0 atom stereocenters. The molecule has 0 spiro atoms. The molecule has 0 radical (unpaired) electrons. The van der Waals surface area contributed by atoms with Gasteiger partial charge in [-0.05, 0) is 37.5 Å². The Hall–Kier alpha value is -1.59. The lowest BCUT2D eigenvalue weighted by molar-refractivity contribution is 0.0639. The van der Waals surface area contributed by atoms with Gasteiger partial charge in [-0.3, -0.25) is 10.6 Å². The van der Waals surface area contributed by atoms with Crippen molar-refractivity contribution in [3.05, 3.63) is 29.3 Å². The number of hydrazine groups is 1. The molecule has 4 N–H and O–H groups in total. The van der Waals surface area contributed by atoms with Crippen LogP contribution in [0, 0.1) is 6.92 Å². The van der Waals surface area contributed by atoms with Gasteiger partial charge < -0.3 is 15.4 Å². The van der Waals surface area contributed by atoms with E-state index < -0.39 is 0 Å². The van der Waals surface area contributed by atoms with Crippen LogP contribution in [0.2, 0.25) is 0 Å². The highest BCUT2D eigenvalue weighted by atomic mass is 16.3. The molecule has 1 aromatic rings. The van der Waals surface area contributed by atoms with E-state index in [-0.39, 0.29) is 18.6 Å². The Bertz CT molecular complexity index is 470. The number of aliphatic hydroxyl groups excluding tert-OH is 1. The van der Waals surface area contributed by atoms with Gasteiger partial charge in [0.2, 0.25) is 0 Å². The number of hydrogen-bond donors (Lipinski definition) is 3. The normalized spacial score (nSPS) is 15.3. The number of aryl methyl sites for hydroxylation is 1. The van der Waals surface area contributed by atoms with Gasteiger partial charge in [0, 0.05) is 12.6 Å². The molecule has 2 rings (SSSR count). The number of nitrogens with two attached hydrogens (primary N) is 1. The molecule has 5 nitrogen and oxygen atoms in total. The predicted octanol–water partition coefficient (Wildman–Crippen LogP) is 1.66. The first-order chi connectivity index (χ1) is 9.67. The van der Waals surface area contributed by atoms with Crippen molar-refractivity contribution in [2.45, 2.75) is 38.6 Å². The molecule has 1 amide bonds. The summed E-state index contributed by atoms with van der Waals surface area (Å²) < 4.78 is 0. The van der Waals surface area contributed by atoms with Crippen molar-refractivity contribution in [1.29, 1.82) is 0 Å². The largest absolute Gasteiger partial charge is 0.395 e. The number of benzene rings is 1. The van der Waals surface area contributed by atoms with Crippen LogP contribution in [0.1, 0.15) is 41.6 Å². The molecule has 0 saturated heterocycles. The van der Waals surface area contributed by atoms with Crippen LogP contribution in [0.15, 0.2) is 18.2 Å². The third kappa shape index (κ3) is 3.11. The van der Waals surface area contributed by atoms with Gasteiger partial charge in [0.15, 0.2) is 0 Å². The quantitative estimate of drug-likeness (QED) is 0.565. The predicted molar refractivity (Wildman–Crippen MR) is 79.4 cm³/mol. The zero-order valence-corrected chi connectivity index (χ0v) is 11.9. The molecular weight excluding hydrogens is 254 g/mol. The van der Waals surface area contributed by atoms with Crippen molar-refractivity contribution < 1.29 is 9.90 Å². The first kappa shape index (κ1) is 14.8. The highest BCUT2D eigenvalue weighted by molar-refractivity contribution is 5.99. The summed E-state index contributed by atoms with van der Waals surface area (Å²) in [5.41, 5.74) is 4.84. The zero-order chi connectivity index (χ0) is 14.5. The molecule has 1 aliphatic carbocycles. The van der Waals surface area contributed by atoms with E-state index in [1.165, 1.54) is 0 Å². The first-order valence-corrected chi connectivity index (χ1v) is 7.16. The van der Waals surface area contributed by atoms with E-state index >= 15 is 0 Å². The maximum atomic E-state index is 12.7. The number of carbonyl (C=O) groups is 1. The minimum Gasteiger partial charge on any atom is -0.395 e. The van der Waals surface area contributed by atoms with Crippen LogP contribution in [0.25, 0.3) is 0 Å². The van der Waals surface area contributed by atoms with E-state index in [4.69, 9.17) is 5.84 Å². The van der Waals surface area contributed by atoms with Gasteiger partial charge in [-0.1, -0.05) is 18.9 Å². The van der Waals surface area contributed by atoms with Gasteiger partial charge >= 0.3 is 0 Å². The Morgan fingerprint density at radius 2 is 2.15 bits per heavy atom. The Kier molecular flexibility index (Phi) is 4.98. The molecule has 5 heteroatoms. The van der Waals surface area contributed by atoms with Crippen LogP contribution < -0.4 is 11.3 Å². The minimum absolute atomic E-state index is 0.0144.